The van der Waals surface area contributed by atoms with Crippen molar-refractivity contribution < 1.29 is 14.3 Å². The number of aromatic nitrogens is 2. The zero-order chi connectivity index (χ0) is 19.5. The van der Waals surface area contributed by atoms with Crippen LogP contribution in [0, 0.1) is 17.8 Å². The fourth-order valence-corrected chi connectivity index (χ4v) is 3.60. The molecular formula is C20H23N5O3. The van der Waals surface area contributed by atoms with E-state index in [9.17, 15) is 9.59 Å². The van der Waals surface area contributed by atoms with Gasteiger partial charge < -0.3 is 10.1 Å². The number of fused-ring (bicyclic) bond motifs is 1. The number of piperidine rings is 1. The standard InChI is InChI=1S/C20H23N5O3/c1-14-12-21-8-6-16(14)28-11-3-5-15-4-2-9-24-18(13-22-19(15)24)25-10-7-17(26)23-20(25)27/h2,4,9,13-14,16,21H,6-8,10-12H2,1H3,(H,23,26,27)/t14-,16-/m0/s1. The number of pyridine rings is 1. The minimum atomic E-state index is -0.431. The second kappa shape index (κ2) is 8.00. The number of imide groups is 1. The molecule has 0 saturated carbocycles. The molecule has 0 aliphatic carbocycles. The monoisotopic (exact) mass is 381 g/mol. The van der Waals surface area contributed by atoms with Crippen LogP contribution in [-0.4, -0.2) is 53.7 Å². The summed E-state index contributed by atoms with van der Waals surface area (Å²) in [5.41, 5.74) is 1.44. The van der Waals surface area contributed by atoms with Crippen molar-refractivity contribution in [1.29, 1.82) is 0 Å². The molecule has 3 amide bonds. The van der Waals surface area contributed by atoms with Gasteiger partial charge in [-0.3, -0.25) is 19.4 Å². The number of urea groups is 1. The van der Waals surface area contributed by atoms with Gasteiger partial charge in [-0.2, -0.15) is 0 Å². The average Bonchev–Trinajstić information content (AvgIpc) is 3.11. The Labute approximate surface area is 163 Å². The number of rotatable bonds is 3. The molecule has 4 rings (SSSR count). The Bertz CT molecular complexity index is 958. The molecular weight excluding hydrogens is 358 g/mol. The Hall–Kier alpha value is -2.89. The van der Waals surface area contributed by atoms with Crippen molar-refractivity contribution in [2.45, 2.75) is 25.9 Å². The molecule has 0 radical (unpaired) electrons. The van der Waals surface area contributed by atoms with E-state index in [2.05, 4.69) is 34.4 Å². The maximum atomic E-state index is 12.1. The van der Waals surface area contributed by atoms with Crippen molar-refractivity contribution in [2.24, 2.45) is 5.92 Å². The second-order valence-corrected chi connectivity index (χ2v) is 7.11. The molecule has 8 heteroatoms. The number of ether oxygens (including phenoxy) is 1. The Morgan fingerprint density at radius 1 is 1.39 bits per heavy atom. The van der Waals surface area contributed by atoms with E-state index >= 15 is 0 Å². The van der Waals surface area contributed by atoms with Gasteiger partial charge in [0, 0.05) is 25.7 Å². The quantitative estimate of drug-likeness (QED) is 0.779. The lowest BCUT2D eigenvalue weighted by atomic mass is 9.98. The van der Waals surface area contributed by atoms with Crippen LogP contribution in [0.5, 0.6) is 0 Å². The zero-order valence-electron chi connectivity index (χ0n) is 15.8. The van der Waals surface area contributed by atoms with Crippen molar-refractivity contribution >= 4 is 23.4 Å². The van der Waals surface area contributed by atoms with Crippen LogP contribution in [0.3, 0.4) is 0 Å². The summed E-state index contributed by atoms with van der Waals surface area (Å²) < 4.78 is 7.73. The predicted octanol–water partition coefficient (Wildman–Crippen LogP) is 1.15. The maximum absolute atomic E-state index is 12.1. The fraction of sp³-hybridized carbons (Fsp3) is 0.450. The first-order chi connectivity index (χ1) is 13.6. The topological polar surface area (TPSA) is 88.0 Å². The van der Waals surface area contributed by atoms with E-state index in [-0.39, 0.29) is 18.4 Å². The van der Waals surface area contributed by atoms with E-state index < -0.39 is 6.03 Å². The highest BCUT2D eigenvalue weighted by molar-refractivity contribution is 6.05. The lowest BCUT2D eigenvalue weighted by Gasteiger charge is -2.28. The van der Waals surface area contributed by atoms with E-state index in [0.29, 0.717) is 30.5 Å². The molecule has 2 N–H and O–H groups in total. The molecule has 2 atom stereocenters. The molecule has 2 aromatic heterocycles. The van der Waals surface area contributed by atoms with Gasteiger partial charge in [0.1, 0.15) is 12.4 Å². The Kier molecular flexibility index (Phi) is 5.28. The van der Waals surface area contributed by atoms with E-state index in [1.165, 1.54) is 4.90 Å². The third kappa shape index (κ3) is 3.72. The van der Waals surface area contributed by atoms with Gasteiger partial charge in [0.05, 0.1) is 17.9 Å². The van der Waals surface area contributed by atoms with Crippen molar-refractivity contribution in [3.8, 4) is 11.8 Å². The molecule has 2 fully saturated rings. The van der Waals surface area contributed by atoms with Crippen molar-refractivity contribution in [2.75, 3.05) is 31.1 Å². The molecule has 0 spiro atoms. The number of hydrogen-bond acceptors (Lipinski definition) is 5. The smallest absolute Gasteiger partial charge is 0.329 e. The first-order valence-electron chi connectivity index (χ1n) is 9.52. The Morgan fingerprint density at radius 3 is 3.11 bits per heavy atom. The van der Waals surface area contributed by atoms with Crippen LogP contribution in [0.15, 0.2) is 24.5 Å². The number of nitrogens with zero attached hydrogens (tertiary/aromatic N) is 3. The highest BCUT2D eigenvalue weighted by atomic mass is 16.5. The van der Waals surface area contributed by atoms with Gasteiger partial charge >= 0.3 is 6.03 Å². The molecule has 28 heavy (non-hydrogen) atoms. The Morgan fingerprint density at radius 2 is 2.29 bits per heavy atom. The minimum Gasteiger partial charge on any atom is -0.365 e. The third-order valence-electron chi connectivity index (χ3n) is 5.15. The van der Waals surface area contributed by atoms with Gasteiger partial charge in [-0.25, -0.2) is 9.78 Å². The number of anilines is 1. The zero-order valence-corrected chi connectivity index (χ0v) is 15.8. The molecule has 2 aliphatic heterocycles. The lowest BCUT2D eigenvalue weighted by molar-refractivity contribution is -0.120. The molecule has 2 aromatic rings. The van der Waals surface area contributed by atoms with Crippen molar-refractivity contribution in [3.05, 3.63) is 30.1 Å². The number of nitrogens with one attached hydrogen (secondary N) is 2. The van der Waals surface area contributed by atoms with Gasteiger partial charge in [-0.15, -0.1) is 0 Å². The summed E-state index contributed by atoms with van der Waals surface area (Å²) in [5.74, 6) is 7.05. The first-order valence-corrected chi connectivity index (χ1v) is 9.52. The van der Waals surface area contributed by atoms with Gasteiger partial charge in [0.25, 0.3) is 0 Å². The predicted molar refractivity (Wildman–Crippen MR) is 104 cm³/mol. The van der Waals surface area contributed by atoms with Crippen LogP contribution in [0.2, 0.25) is 0 Å². The molecule has 4 heterocycles. The summed E-state index contributed by atoms with van der Waals surface area (Å²) in [6.07, 6.45) is 4.97. The highest BCUT2D eigenvalue weighted by Gasteiger charge is 2.26. The summed E-state index contributed by atoms with van der Waals surface area (Å²) in [7, 11) is 0. The summed E-state index contributed by atoms with van der Waals surface area (Å²) in [4.78, 5) is 29.4. The summed E-state index contributed by atoms with van der Waals surface area (Å²) in [6, 6.07) is 3.33. The summed E-state index contributed by atoms with van der Waals surface area (Å²) in [6.45, 7) is 4.84. The van der Waals surface area contributed by atoms with Crippen molar-refractivity contribution in [1.82, 2.24) is 20.0 Å². The number of hydrogen-bond donors (Lipinski definition) is 2. The van der Waals surface area contributed by atoms with Gasteiger partial charge in [-0.1, -0.05) is 18.8 Å². The number of imidazole rings is 1. The molecule has 0 bridgehead atoms. The van der Waals surface area contributed by atoms with Crippen LogP contribution < -0.4 is 15.5 Å². The van der Waals surface area contributed by atoms with Crippen LogP contribution in [-0.2, 0) is 9.53 Å². The van der Waals surface area contributed by atoms with E-state index in [4.69, 9.17) is 4.74 Å². The van der Waals surface area contributed by atoms with E-state index in [1.54, 1.807) is 6.20 Å². The highest BCUT2D eigenvalue weighted by Crippen LogP contribution is 2.21. The normalized spacial score (nSPS) is 22.7. The minimum absolute atomic E-state index is 0.240. The fourth-order valence-electron chi connectivity index (χ4n) is 3.60. The van der Waals surface area contributed by atoms with Crippen molar-refractivity contribution in [3.63, 3.8) is 0 Å². The number of amides is 3. The number of carbonyl (C=O) groups is 2. The molecule has 8 nitrogen and oxygen atoms in total. The van der Waals surface area contributed by atoms with Crippen LogP contribution in [0.1, 0.15) is 25.3 Å². The summed E-state index contributed by atoms with van der Waals surface area (Å²) >= 11 is 0. The molecule has 0 aromatic carbocycles. The van der Waals surface area contributed by atoms with Crippen LogP contribution >= 0.6 is 0 Å². The second-order valence-electron chi connectivity index (χ2n) is 7.11. The van der Waals surface area contributed by atoms with Crippen LogP contribution in [0.4, 0.5) is 10.6 Å². The molecule has 2 saturated heterocycles. The largest absolute Gasteiger partial charge is 0.365 e. The average molecular weight is 381 g/mol. The van der Waals surface area contributed by atoms with Gasteiger partial charge in [-0.05, 0) is 31.0 Å². The maximum Gasteiger partial charge on any atom is 0.329 e. The van der Waals surface area contributed by atoms with Crippen LogP contribution in [0.25, 0.3) is 5.65 Å². The molecule has 0 unspecified atom stereocenters. The van der Waals surface area contributed by atoms with E-state index in [0.717, 1.165) is 25.1 Å². The summed E-state index contributed by atoms with van der Waals surface area (Å²) in [5, 5.41) is 5.69. The van der Waals surface area contributed by atoms with E-state index in [1.807, 2.05) is 22.7 Å². The Balaban J connectivity index is 1.49. The number of carbonyl (C=O) groups excluding carboxylic acids is 2. The SMILES string of the molecule is C[C@H]1CNCC[C@@H]1OCC#Cc1cccn2c(N3CCC(=O)NC3=O)cnc12. The lowest BCUT2D eigenvalue weighted by Crippen LogP contribution is -2.50. The first kappa shape index (κ1) is 18.5. The van der Waals surface area contributed by atoms with Gasteiger partial charge in [0.15, 0.2) is 5.65 Å². The third-order valence-corrected chi connectivity index (χ3v) is 5.15. The molecule has 146 valence electrons. The van der Waals surface area contributed by atoms with Gasteiger partial charge in [0.2, 0.25) is 5.91 Å². The molecule has 2 aliphatic rings.